The Morgan fingerprint density at radius 2 is 1.91 bits per heavy atom. The molecule has 1 rings (SSSR count). The first-order chi connectivity index (χ1) is 10.1. The molecule has 0 spiro atoms. The number of hydrogen-bond donors (Lipinski definition) is 4. The molecule has 1 aromatic carbocycles. The van der Waals surface area contributed by atoms with Crippen LogP contribution >= 0.6 is 0 Å². The second-order valence-electron chi connectivity index (χ2n) is 5.17. The maximum atomic E-state index is 11.9. The zero-order valence-corrected chi connectivity index (χ0v) is 12.6. The van der Waals surface area contributed by atoms with Crippen LogP contribution in [0, 0.1) is 0 Å². The topological polar surface area (TPSA) is 119 Å². The minimum absolute atomic E-state index is 0.234. The summed E-state index contributed by atoms with van der Waals surface area (Å²) in [5, 5.41) is 23.2. The van der Waals surface area contributed by atoms with Crippen LogP contribution in [0.15, 0.2) is 24.3 Å². The highest BCUT2D eigenvalue weighted by atomic mass is 16.4. The Balaban J connectivity index is 2.75. The molecule has 1 atom stereocenters. The van der Waals surface area contributed by atoms with Gasteiger partial charge in [0, 0.05) is 25.3 Å². The summed E-state index contributed by atoms with van der Waals surface area (Å²) in [5.41, 5.74) is -1.39. The first-order valence-corrected chi connectivity index (χ1v) is 6.46. The minimum atomic E-state index is -2.05. The molecule has 0 aromatic heterocycles. The SMILES string of the molecule is CN(C)C(=O)Nc1cccc(C(=O)NCC(C)(O)C(=O)O)c1. The van der Waals surface area contributed by atoms with E-state index in [1.807, 2.05) is 0 Å². The number of carboxylic acids is 1. The maximum absolute atomic E-state index is 11.9. The zero-order chi connectivity index (χ0) is 16.9. The minimum Gasteiger partial charge on any atom is -0.479 e. The van der Waals surface area contributed by atoms with Gasteiger partial charge in [-0.2, -0.15) is 0 Å². The standard InChI is InChI=1S/C14H19N3O5/c1-14(22,12(19)20)8-15-11(18)9-5-4-6-10(7-9)16-13(21)17(2)3/h4-7,22H,8H2,1-3H3,(H,15,18)(H,16,21)(H,19,20). The Morgan fingerprint density at radius 3 is 2.45 bits per heavy atom. The zero-order valence-electron chi connectivity index (χ0n) is 12.6. The number of aliphatic carboxylic acids is 1. The number of anilines is 1. The van der Waals surface area contributed by atoms with Gasteiger partial charge >= 0.3 is 12.0 Å². The molecule has 8 nitrogen and oxygen atoms in total. The lowest BCUT2D eigenvalue weighted by molar-refractivity contribution is -0.155. The van der Waals surface area contributed by atoms with E-state index in [9.17, 15) is 19.5 Å². The predicted octanol–water partition coefficient (Wildman–Crippen LogP) is 0.345. The molecule has 0 aliphatic heterocycles. The van der Waals surface area contributed by atoms with Crippen molar-refractivity contribution in [3.05, 3.63) is 29.8 Å². The molecule has 0 aliphatic carbocycles. The van der Waals surface area contributed by atoms with Crippen molar-refractivity contribution in [1.29, 1.82) is 0 Å². The summed E-state index contributed by atoms with van der Waals surface area (Å²) in [6.07, 6.45) is 0. The fraction of sp³-hybridized carbons (Fsp3) is 0.357. The van der Waals surface area contributed by atoms with Gasteiger partial charge in [-0.3, -0.25) is 4.79 Å². The smallest absolute Gasteiger partial charge is 0.337 e. The van der Waals surface area contributed by atoms with Crippen molar-refractivity contribution in [3.63, 3.8) is 0 Å². The summed E-state index contributed by atoms with van der Waals surface area (Å²) in [5.74, 6) is -1.98. The molecule has 8 heteroatoms. The van der Waals surface area contributed by atoms with Crippen LogP contribution in [0.4, 0.5) is 10.5 Å². The normalized spacial score (nSPS) is 12.9. The number of amides is 3. The molecule has 0 saturated heterocycles. The molecule has 3 amide bonds. The number of carboxylic acid groups (broad SMARTS) is 1. The molecule has 0 aliphatic rings. The molecular weight excluding hydrogens is 290 g/mol. The van der Waals surface area contributed by atoms with Crippen molar-refractivity contribution in [2.75, 3.05) is 26.0 Å². The summed E-state index contributed by atoms with van der Waals surface area (Å²) in [4.78, 5) is 35.6. The van der Waals surface area contributed by atoms with Crippen LogP contribution in [0.25, 0.3) is 0 Å². The Kier molecular flexibility index (Phi) is 5.47. The average molecular weight is 309 g/mol. The van der Waals surface area contributed by atoms with Crippen LogP contribution in [0.1, 0.15) is 17.3 Å². The number of aliphatic hydroxyl groups is 1. The van der Waals surface area contributed by atoms with E-state index < -0.39 is 24.0 Å². The van der Waals surface area contributed by atoms with Crippen LogP contribution in [0.2, 0.25) is 0 Å². The highest BCUT2D eigenvalue weighted by molar-refractivity contribution is 5.97. The maximum Gasteiger partial charge on any atom is 0.337 e. The van der Waals surface area contributed by atoms with Crippen molar-refractivity contribution in [3.8, 4) is 0 Å². The lowest BCUT2D eigenvalue weighted by Crippen LogP contribution is -2.46. The summed E-state index contributed by atoms with van der Waals surface area (Å²) in [7, 11) is 3.17. The van der Waals surface area contributed by atoms with Crippen LogP contribution in [-0.2, 0) is 4.79 Å². The van der Waals surface area contributed by atoms with Gasteiger partial charge < -0.3 is 25.7 Å². The predicted molar refractivity (Wildman–Crippen MR) is 79.7 cm³/mol. The van der Waals surface area contributed by atoms with Gasteiger partial charge in [0.05, 0.1) is 6.54 Å². The van der Waals surface area contributed by atoms with E-state index in [0.29, 0.717) is 5.69 Å². The molecule has 120 valence electrons. The number of urea groups is 1. The third-order valence-corrected chi connectivity index (χ3v) is 2.84. The third kappa shape index (κ3) is 4.74. The fourth-order valence-corrected chi connectivity index (χ4v) is 1.40. The van der Waals surface area contributed by atoms with E-state index in [4.69, 9.17) is 5.11 Å². The van der Waals surface area contributed by atoms with E-state index in [1.54, 1.807) is 26.2 Å². The lowest BCUT2D eigenvalue weighted by Gasteiger charge is -2.18. The summed E-state index contributed by atoms with van der Waals surface area (Å²) in [6.45, 7) is 0.652. The van der Waals surface area contributed by atoms with Gasteiger partial charge in [-0.05, 0) is 25.1 Å². The molecule has 1 aromatic rings. The summed E-state index contributed by atoms with van der Waals surface area (Å²) in [6, 6.07) is 5.81. The molecule has 0 radical (unpaired) electrons. The largest absolute Gasteiger partial charge is 0.479 e. The van der Waals surface area contributed by atoms with Crippen LogP contribution in [0.3, 0.4) is 0 Å². The van der Waals surface area contributed by atoms with Gasteiger partial charge in [0.25, 0.3) is 5.91 Å². The highest BCUT2D eigenvalue weighted by Crippen LogP contribution is 2.11. The van der Waals surface area contributed by atoms with E-state index in [2.05, 4.69) is 10.6 Å². The Morgan fingerprint density at radius 1 is 1.27 bits per heavy atom. The van der Waals surface area contributed by atoms with Gasteiger partial charge in [-0.1, -0.05) is 6.07 Å². The number of nitrogens with one attached hydrogen (secondary N) is 2. The highest BCUT2D eigenvalue weighted by Gasteiger charge is 2.30. The van der Waals surface area contributed by atoms with Gasteiger partial charge in [-0.15, -0.1) is 0 Å². The summed E-state index contributed by atoms with van der Waals surface area (Å²) < 4.78 is 0. The number of hydrogen-bond acceptors (Lipinski definition) is 4. The number of nitrogens with zero attached hydrogens (tertiary/aromatic N) is 1. The summed E-state index contributed by atoms with van der Waals surface area (Å²) >= 11 is 0. The van der Waals surface area contributed by atoms with Gasteiger partial charge in [-0.25, -0.2) is 9.59 Å². The van der Waals surface area contributed by atoms with Crippen LogP contribution in [-0.4, -0.2) is 59.3 Å². The number of carbonyl (C=O) groups is 3. The van der Waals surface area contributed by atoms with Crippen molar-refractivity contribution < 1.29 is 24.6 Å². The first kappa shape index (κ1) is 17.4. The Bertz CT molecular complexity index is 584. The second kappa shape index (κ2) is 6.90. The molecule has 0 saturated carbocycles. The number of carbonyl (C=O) groups excluding carboxylic acids is 2. The Labute approximate surface area is 127 Å². The monoisotopic (exact) mass is 309 g/mol. The second-order valence-corrected chi connectivity index (χ2v) is 5.17. The molecule has 0 fully saturated rings. The van der Waals surface area contributed by atoms with Gasteiger partial charge in [0.1, 0.15) is 0 Å². The molecular formula is C14H19N3O5. The van der Waals surface area contributed by atoms with Crippen molar-refractivity contribution >= 4 is 23.6 Å². The van der Waals surface area contributed by atoms with Crippen molar-refractivity contribution in [2.45, 2.75) is 12.5 Å². The van der Waals surface area contributed by atoms with Crippen LogP contribution in [0.5, 0.6) is 0 Å². The lowest BCUT2D eigenvalue weighted by atomic mass is 10.1. The fourth-order valence-electron chi connectivity index (χ4n) is 1.40. The average Bonchev–Trinajstić information content (AvgIpc) is 2.44. The number of rotatable bonds is 5. The van der Waals surface area contributed by atoms with E-state index >= 15 is 0 Å². The van der Waals surface area contributed by atoms with E-state index in [1.165, 1.54) is 17.0 Å². The van der Waals surface area contributed by atoms with Crippen molar-refractivity contribution in [1.82, 2.24) is 10.2 Å². The van der Waals surface area contributed by atoms with E-state index in [0.717, 1.165) is 6.92 Å². The number of benzene rings is 1. The molecule has 0 bridgehead atoms. The first-order valence-electron chi connectivity index (χ1n) is 6.46. The third-order valence-electron chi connectivity index (χ3n) is 2.84. The van der Waals surface area contributed by atoms with Crippen LogP contribution < -0.4 is 10.6 Å². The van der Waals surface area contributed by atoms with Gasteiger partial charge in [0.2, 0.25) is 0 Å². The molecule has 4 N–H and O–H groups in total. The Hall–Kier alpha value is -2.61. The van der Waals surface area contributed by atoms with Gasteiger partial charge in [0.15, 0.2) is 5.60 Å². The molecule has 1 unspecified atom stereocenters. The van der Waals surface area contributed by atoms with Crippen molar-refractivity contribution in [2.24, 2.45) is 0 Å². The molecule has 22 heavy (non-hydrogen) atoms. The quantitative estimate of drug-likeness (QED) is 0.625. The molecule has 0 heterocycles. The van der Waals surface area contributed by atoms with E-state index in [-0.39, 0.29) is 11.6 Å².